The van der Waals surface area contributed by atoms with Gasteiger partial charge in [0, 0.05) is 30.6 Å². The molecule has 2 heterocycles. The highest BCUT2D eigenvalue weighted by molar-refractivity contribution is 5.83. The fourth-order valence-electron chi connectivity index (χ4n) is 2.72. The van der Waals surface area contributed by atoms with Crippen LogP contribution in [-0.2, 0) is 4.79 Å². The second-order valence-corrected chi connectivity index (χ2v) is 5.84. The van der Waals surface area contributed by atoms with Gasteiger partial charge in [0.05, 0.1) is 15.9 Å². The van der Waals surface area contributed by atoms with Crippen LogP contribution >= 0.6 is 0 Å². The maximum Gasteiger partial charge on any atom is 0.311 e. The number of aliphatic carboxylic acids is 1. The zero-order chi connectivity index (χ0) is 15.9. The van der Waals surface area contributed by atoms with Crippen LogP contribution in [0.1, 0.15) is 13.3 Å². The molecule has 1 aliphatic heterocycles. The number of hydrogen-bond donors (Lipinski definition) is 1. The van der Waals surface area contributed by atoms with Crippen molar-refractivity contribution in [3.63, 3.8) is 0 Å². The normalized spacial score (nSPS) is 21.2. The molecule has 1 aromatic carbocycles. The van der Waals surface area contributed by atoms with Crippen molar-refractivity contribution in [2.24, 2.45) is 5.41 Å². The molecule has 0 saturated carbocycles. The molecule has 0 spiro atoms. The van der Waals surface area contributed by atoms with Gasteiger partial charge >= 0.3 is 5.97 Å². The third-order valence-corrected chi connectivity index (χ3v) is 4.18. The Hall–Kier alpha value is -2.70. The molecule has 1 fully saturated rings. The van der Waals surface area contributed by atoms with E-state index in [4.69, 9.17) is 0 Å². The van der Waals surface area contributed by atoms with Crippen LogP contribution in [0.15, 0.2) is 30.3 Å². The number of carboxylic acid groups (broad SMARTS) is 1. The van der Waals surface area contributed by atoms with Gasteiger partial charge in [-0.25, -0.2) is 4.98 Å². The Balaban J connectivity index is 1.92. The van der Waals surface area contributed by atoms with Gasteiger partial charge in [-0.05, 0) is 31.5 Å². The van der Waals surface area contributed by atoms with Crippen LogP contribution in [0.3, 0.4) is 0 Å². The fourth-order valence-corrected chi connectivity index (χ4v) is 2.72. The van der Waals surface area contributed by atoms with Crippen LogP contribution in [0.5, 0.6) is 0 Å². The summed E-state index contributed by atoms with van der Waals surface area (Å²) in [5.74, 6) is -0.0993. The Morgan fingerprint density at radius 1 is 1.41 bits per heavy atom. The number of anilines is 1. The largest absolute Gasteiger partial charge is 0.481 e. The number of nitro benzene ring substituents is 1. The first-order valence-corrected chi connectivity index (χ1v) is 6.93. The van der Waals surface area contributed by atoms with Crippen LogP contribution in [0.25, 0.3) is 10.9 Å². The van der Waals surface area contributed by atoms with Crippen LogP contribution in [-0.4, -0.2) is 34.1 Å². The number of nitrogens with zero attached hydrogens (tertiary/aromatic N) is 3. The SMILES string of the molecule is CC1(C(=O)O)CCN(c2ccc3cc([N+](=O)[O-])ccc3n2)C1. The van der Waals surface area contributed by atoms with Gasteiger partial charge < -0.3 is 10.0 Å². The summed E-state index contributed by atoms with van der Waals surface area (Å²) in [5, 5.41) is 20.8. The van der Waals surface area contributed by atoms with Crippen molar-refractivity contribution in [1.29, 1.82) is 0 Å². The van der Waals surface area contributed by atoms with Crippen molar-refractivity contribution < 1.29 is 14.8 Å². The third-order valence-electron chi connectivity index (χ3n) is 4.18. The molecule has 1 saturated heterocycles. The summed E-state index contributed by atoms with van der Waals surface area (Å²) in [6.07, 6.45) is 0.572. The van der Waals surface area contributed by atoms with Gasteiger partial charge in [-0.1, -0.05) is 0 Å². The summed E-state index contributed by atoms with van der Waals surface area (Å²) < 4.78 is 0. The van der Waals surface area contributed by atoms with Crippen LogP contribution in [0, 0.1) is 15.5 Å². The number of rotatable bonds is 3. The molecule has 1 aliphatic rings. The van der Waals surface area contributed by atoms with Crippen LogP contribution in [0.4, 0.5) is 11.5 Å². The van der Waals surface area contributed by atoms with Gasteiger partial charge in [0.25, 0.3) is 5.69 Å². The molecule has 1 unspecified atom stereocenters. The summed E-state index contributed by atoms with van der Waals surface area (Å²) in [4.78, 5) is 28.1. The third kappa shape index (κ3) is 2.34. The number of fused-ring (bicyclic) bond motifs is 1. The number of nitro groups is 1. The number of aromatic nitrogens is 1. The Labute approximate surface area is 126 Å². The number of carboxylic acids is 1. The second kappa shape index (κ2) is 4.94. The highest BCUT2D eigenvalue weighted by atomic mass is 16.6. The monoisotopic (exact) mass is 301 g/mol. The van der Waals surface area contributed by atoms with Crippen molar-refractivity contribution in [1.82, 2.24) is 4.98 Å². The van der Waals surface area contributed by atoms with Gasteiger partial charge in [-0.15, -0.1) is 0 Å². The molecule has 0 radical (unpaired) electrons. The molecule has 1 N–H and O–H groups in total. The minimum absolute atomic E-state index is 0.0293. The second-order valence-electron chi connectivity index (χ2n) is 5.84. The molecule has 0 bridgehead atoms. The van der Waals surface area contributed by atoms with E-state index in [1.165, 1.54) is 12.1 Å². The van der Waals surface area contributed by atoms with Gasteiger partial charge in [0.1, 0.15) is 5.82 Å². The topological polar surface area (TPSA) is 96.6 Å². The van der Waals surface area contributed by atoms with Crippen molar-refractivity contribution >= 4 is 28.4 Å². The summed E-state index contributed by atoms with van der Waals surface area (Å²) >= 11 is 0. The quantitative estimate of drug-likeness (QED) is 0.691. The molecule has 114 valence electrons. The lowest BCUT2D eigenvalue weighted by Crippen LogP contribution is -2.31. The summed E-state index contributed by atoms with van der Waals surface area (Å²) in [7, 11) is 0. The molecule has 0 amide bonds. The van der Waals surface area contributed by atoms with Crippen molar-refractivity contribution in [2.45, 2.75) is 13.3 Å². The Morgan fingerprint density at radius 3 is 2.82 bits per heavy atom. The maximum atomic E-state index is 11.3. The highest BCUT2D eigenvalue weighted by Crippen LogP contribution is 2.33. The summed E-state index contributed by atoms with van der Waals surface area (Å²) in [6, 6.07) is 8.08. The average Bonchev–Trinajstić information content (AvgIpc) is 2.90. The standard InChI is InChI=1S/C15H15N3O4/c1-15(14(19)20)6-7-17(9-15)13-5-2-10-8-11(18(21)22)3-4-12(10)16-13/h2-5,8H,6-7,9H2,1H3,(H,19,20). The Bertz CT molecular complexity index is 776. The molecular weight excluding hydrogens is 286 g/mol. The van der Waals surface area contributed by atoms with E-state index in [0.717, 1.165) is 0 Å². The van der Waals surface area contributed by atoms with E-state index in [1.807, 2.05) is 4.90 Å². The lowest BCUT2D eigenvalue weighted by molar-refractivity contribution is -0.384. The molecule has 1 aromatic heterocycles. The molecule has 22 heavy (non-hydrogen) atoms. The lowest BCUT2D eigenvalue weighted by Gasteiger charge is -2.21. The van der Waals surface area contributed by atoms with E-state index in [1.54, 1.807) is 25.1 Å². The first-order chi connectivity index (χ1) is 10.4. The number of carbonyl (C=O) groups is 1. The lowest BCUT2D eigenvalue weighted by atomic mass is 9.90. The van der Waals surface area contributed by atoms with Crippen molar-refractivity contribution in [3.8, 4) is 0 Å². The number of pyridine rings is 1. The van der Waals surface area contributed by atoms with Gasteiger partial charge in [0.2, 0.25) is 0 Å². The average molecular weight is 301 g/mol. The van der Waals surface area contributed by atoms with E-state index in [-0.39, 0.29) is 5.69 Å². The zero-order valence-electron chi connectivity index (χ0n) is 12.0. The van der Waals surface area contributed by atoms with Crippen molar-refractivity contribution in [2.75, 3.05) is 18.0 Å². The molecule has 1 atom stereocenters. The first kappa shape index (κ1) is 14.2. The first-order valence-electron chi connectivity index (χ1n) is 6.93. The summed E-state index contributed by atoms with van der Waals surface area (Å²) in [5.41, 5.74) is -0.0692. The van der Waals surface area contributed by atoms with Crippen molar-refractivity contribution in [3.05, 3.63) is 40.4 Å². The smallest absolute Gasteiger partial charge is 0.311 e. The number of benzene rings is 1. The molecular formula is C15H15N3O4. The van der Waals surface area contributed by atoms with Crippen LogP contribution in [0.2, 0.25) is 0 Å². The molecule has 2 aromatic rings. The number of non-ortho nitro benzene ring substituents is 1. The van der Waals surface area contributed by atoms with E-state index in [9.17, 15) is 20.0 Å². The maximum absolute atomic E-state index is 11.3. The molecule has 0 aliphatic carbocycles. The predicted octanol–water partition coefficient (Wildman–Crippen LogP) is 2.44. The highest BCUT2D eigenvalue weighted by Gasteiger charge is 2.40. The Morgan fingerprint density at radius 2 is 2.18 bits per heavy atom. The van der Waals surface area contributed by atoms with Gasteiger partial charge in [0.15, 0.2) is 0 Å². The van der Waals surface area contributed by atoms with Gasteiger partial charge in [-0.3, -0.25) is 14.9 Å². The van der Waals surface area contributed by atoms with E-state index >= 15 is 0 Å². The van der Waals surface area contributed by atoms with Crippen LogP contribution < -0.4 is 4.90 Å². The molecule has 3 rings (SSSR count). The van der Waals surface area contributed by atoms with E-state index in [2.05, 4.69) is 4.98 Å². The summed E-state index contributed by atoms with van der Waals surface area (Å²) in [6.45, 7) is 2.78. The Kier molecular flexibility index (Phi) is 3.20. The van der Waals surface area contributed by atoms with E-state index < -0.39 is 16.3 Å². The fraction of sp³-hybridized carbons (Fsp3) is 0.333. The van der Waals surface area contributed by atoms with E-state index in [0.29, 0.717) is 36.2 Å². The molecule has 7 heteroatoms. The number of hydrogen-bond acceptors (Lipinski definition) is 5. The minimum Gasteiger partial charge on any atom is -0.481 e. The predicted molar refractivity (Wildman–Crippen MR) is 81.0 cm³/mol. The zero-order valence-corrected chi connectivity index (χ0v) is 12.0. The minimum atomic E-state index is -0.800. The molecule has 7 nitrogen and oxygen atoms in total. The van der Waals surface area contributed by atoms with Gasteiger partial charge in [-0.2, -0.15) is 0 Å².